The molecule has 0 N–H and O–H groups in total. The molecule has 1 saturated carbocycles. The summed E-state index contributed by atoms with van der Waals surface area (Å²) in [6, 6.07) is 5.24. The molecule has 0 bridgehead atoms. The lowest BCUT2D eigenvalue weighted by Crippen LogP contribution is -2.13. The van der Waals surface area contributed by atoms with Crippen LogP contribution in [0.2, 0.25) is 5.02 Å². The van der Waals surface area contributed by atoms with Gasteiger partial charge in [0.1, 0.15) is 5.82 Å². The van der Waals surface area contributed by atoms with E-state index in [-0.39, 0.29) is 10.8 Å². The van der Waals surface area contributed by atoms with E-state index in [1.54, 1.807) is 6.07 Å². The number of nitrogens with zero attached hydrogens (tertiary/aromatic N) is 1. The molecule has 0 spiro atoms. The van der Waals surface area contributed by atoms with Crippen LogP contribution >= 0.6 is 11.6 Å². The summed E-state index contributed by atoms with van der Waals surface area (Å²) in [7, 11) is 0. The highest BCUT2D eigenvalue weighted by atomic mass is 35.5. The molecule has 0 radical (unpaired) electrons. The van der Waals surface area contributed by atoms with Gasteiger partial charge in [-0.2, -0.15) is 0 Å². The van der Waals surface area contributed by atoms with Gasteiger partial charge in [0.05, 0.1) is 5.02 Å². The van der Waals surface area contributed by atoms with Crippen LogP contribution < -0.4 is 0 Å². The van der Waals surface area contributed by atoms with Crippen LogP contribution in [-0.4, -0.2) is 4.57 Å². The Morgan fingerprint density at radius 2 is 2.00 bits per heavy atom. The molecule has 1 aromatic carbocycles. The predicted octanol–water partition coefficient (Wildman–Crippen LogP) is 5.01. The second-order valence-corrected chi connectivity index (χ2v) is 5.70. The van der Waals surface area contributed by atoms with Crippen LogP contribution in [0.3, 0.4) is 0 Å². The Hall–Kier alpha value is -1.02. The molecule has 1 nitrogen and oxygen atoms in total. The maximum atomic E-state index is 13.4. The molecule has 0 aliphatic heterocycles. The second-order valence-electron chi connectivity index (χ2n) is 5.30. The van der Waals surface area contributed by atoms with Crippen molar-refractivity contribution < 1.29 is 4.39 Å². The lowest BCUT2D eigenvalue weighted by Gasteiger charge is -2.22. The molecule has 3 rings (SSSR count). The van der Waals surface area contributed by atoms with Gasteiger partial charge in [-0.25, -0.2) is 4.39 Å². The highest BCUT2D eigenvalue weighted by Crippen LogP contribution is 2.28. The van der Waals surface area contributed by atoms with Crippen LogP contribution in [0.15, 0.2) is 24.4 Å². The lowest BCUT2D eigenvalue weighted by atomic mass is 9.89. The van der Waals surface area contributed by atoms with Gasteiger partial charge >= 0.3 is 0 Å². The second kappa shape index (κ2) is 4.93. The van der Waals surface area contributed by atoms with Crippen molar-refractivity contribution in [1.29, 1.82) is 0 Å². The van der Waals surface area contributed by atoms with Crippen molar-refractivity contribution in [2.24, 2.45) is 5.92 Å². The summed E-state index contributed by atoms with van der Waals surface area (Å²) in [5.41, 5.74) is 1.05. The highest BCUT2D eigenvalue weighted by Gasteiger charge is 2.15. The van der Waals surface area contributed by atoms with E-state index >= 15 is 0 Å². The maximum Gasteiger partial charge on any atom is 0.142 e. The van der Waals surface area contributed by atoms with Crippen LogP contribution in [0.4, 0.5) is 4.39 Å². The Kier molecular flexibility index (Phi) is 3.29. The molecule has 0 unspecified atom stereocenters. The molecular formula is C15H17ClFN. The number of benzene rings is 1. The average molecular weight is 266 g/mol. The van der Waals surface area contributed by atoms with Crippen molar-refractivity contribution in [2.45, 2.75) is 38.6 Å². The lowest BCUT2D eigenvalue weighted by molar-refractivity contribution is 0.322. The smallest absolute Gasteiger partial charge is 0.142 e. The monoisotopic (exact) mass is 265 g/mol. The highest BCUT2D eigenvalue weighted by molar-refractivity contribution is 6.31. The molecular weight excluding hydrogens is 249 g/mol. The van der Waals surface area contributed by atoms with Gasteiger partial charge in [-0.05, 0) is 37.0 Å². The van der Waals surface area contributed by atoms with Crippen molar-refractivity contribution in [3.63, 3.8) is 0 Å². The van der Waals surface area contributed by atoms with E-state index in [4.69, 9.17) is 11.6 Å². The molecule has 3 heteroatoms. The Bertz CT molecular complexity index is 555. The normalized spacial score (nSPS) is 17.4. The van der Waals surface area contributed by atoms with Gasteiger partial charge in [0, 0.05) is 23.6 Å². The van der Waals surface area contributed by atoms with Gasteiger partial charge in [-0.3, -0.25) is 0 Å². The fourth-order valence-electron chi connectivity index (χ4n) is 2.99. The zero-order valence-corrected chi connectivity index (χ0v) is 11.1. The summed E-state index contributed by atoms with van der Waals surface area (Å²) >= 11 is 5.87. The van der Waals surface area contributed by atoms with Gasteiger partial charge in [0.25, 0.3) is 0 Å². The van der Waals surface area contributed by atoms with Crippen LogP contribution in [0.25, 0.3) is 10.9 Å². The van der Waals surface area contributed by atoms with Crippen molar-refractivity contribution in [3.8, 4) is 0 Å². The number of hydrogen-bond donors (Lipinski definition) is 0. The Morgan fingerprint density at radius 3 is 2.78 bits per heavy atom. The van der Waals surface area contributed by atoms with Crippen LogP contribution in [0.5, 0.6) is 0 Å². The molecule has 1 aliphatic rings. The van der Waals surface area contributed by atoms with Crippen molar-refractivity contribution in [2.75, 3.05) is 0 Å². The third-order valence-corrected chi connectivity index (χ3v) is 4.28. The van der Waals surface area contributed by atoms with Crippen LogP contribution in [0, 0.1) is 11.7 Å². The van der Waals surface area contributed by atoms with Crippen molar-refractivity contribution >= 4 is 22.5 Å². The predicted molar refractivity (Wildman–Crippen MR) is 73.5 cm³/mol. The largest absolute Gasteiger partial charge is 0.347 e. The minimum atomic E-state index is -0.334. The standard InChI is InChI=1S/C15H17ClFN/c16-13-9-15-12(8-14(13)17)6-7-18(15)10-11-4-2-1-3-5-11/h6-9,11H,1-5,10H2. The summed E-state index contributed by atoms with van der Waals surface area (Å²) in [4.78, 5) is 0. The first-order valence-corrected chi connectivity index (χ1v) is 7.06. The zero-order chi connectivity index (χ0) is 12.5. The molecule has 96 valence electrons. The van der Waals surface area contributed by atoms with Gasteiger partial charge < -0.3 is 4.57 Å². The molecule has 1 heterocycles. The van der Waals surface area contributed by atoms with Crippen molar-refractivity contribution in [1.82, 2.24) is 4.57 Å². The first-order chi connectivity index (χ1) is 8.74. The van der Waals surface area contributed by atoms with E-state index in [2.05, 4.69) is 10.8 Å². The molecule has 0 atom stereocenters. The van der Waals surface area contributed by atoms with Gasteiger partial charge in [-0.15, -0.1) is 0 Å². The SMILES string of the molecule is Fc1cc2ccn(CC3CCCCC3)c2cc1Cl. The summed E-state index contributed by atoms with van der Waals surface area (Å²) in [5, 5.41) is 1.15. The Labute approximate surface area is 112 Å². The van der Waals surface area contributed by atoms with E-state index in [9.17, 15) is 4.39 Å². The number of halogens is 2. The van der Waals surface area contributed by atoms with Crippen LogP contribution in [-0.2, 0) is 6.54 Å². The van der Waals surface area contributed by atoms with E-state index in [0.717, 1.165) is 23.4 Å². The molecule has 18 heavy (non-hydrogen) atoms. The topological polar surface area (TPSA) is 4.93 Å². The quantitative estimate of drug-likeness (QED) is 0.719. The maximum absolute atomic E-state index is 13.4. The first kappa shape index (κ1) is 12.0. The number of hydrogen-bond acceptors (Lipinski definition) is 0. The molecule has 0 amide bonds. The Balaban J connectivity index is 1.89. The fraction of sp³-hybridized carbons (Fsp3) is 0.467. The van der Waals surface area contributed by atoms with E-state index in [0.29, 0.717) is 0 Å². The fourth-order valence-corrected chi connectivity index (χ4v) is 3.15. The molecule has 2 aromatic rings. The van der Waals surface area contributed by atoms with E-state index in [1.165, 1.54) is 38.2 Å². The minimum Gasteiger partial charge on any atom is -0.347 e. The number of aromatic nitrogens is 1. The van der Waals surface area contributed by atoms with E-state index < -0.39 is 0 Å². The molecule has 0 saturated heterocycles. The van der Waals surface area contributed by atoms with Gasteiger partial charge in [0.15, 0.2) is 0 Å². The van der Waals surface area contributed by atoms with Gasteiger partial charge in [0.2, 0.25) is 0 Å². The van der Waals surface area contributed by atoms with Gasteiger partial charge in [-0.1, -0.05) is 30.9 Å². The summed E-state index contributed by atoms with van der Waals surface area (Å²) in [6.45, 7) is 1.03. The summed E-state index contributed by atoms with van der Waals surface area (Å²) < 4.78 is 15.6. The van der Waals surface area contributed by atoms with E-state index in [1.807, 2.05) is 6.07 Å². The Morgan fingerprint density at radius 1 is 1.22 bits per heavy atom. The van der Waals surface area contributed by atoms with Crippen LogP contribution in [0.1, 0.15) is 32.1 Å². The number of rotatable bonds is 2. The van der Waals surface area contributed by atoms with Crippen molar-refractivity contribution in [3.05, 3.63) is 35.2 Å². The molecule has 1 fully saturated rings. The molecule has 1 aliphatic carbocycles. The molecule has 1 aromatic heterocycles. The third-order valence-electron chi connectivity index (χ3n) is 3.99. The summed E-state index contributed by atoms with van der Waals surface area (Å²) in [6.07, 6.45) is 8.75. The number of fused-ring (bicyclic) bond motifs is 1. The minimum absolute atomic E-state index is 0.214. The first-order valence-electron chi connectivity index (χ1n) is 6.68. The zero-order valence-electron chi connectivity index (χ0n) is 10.3. The average Bonchev–Trinajstić information content (AvgIpc) is 2.74. The summed E-state index contributed by atoms with van der Waals surface area (Å²) in [5.74, 6) is 0.428. The third kappa shape index (κ3) is 2.26.